The first-order valence-corrected chi connectivity index (χ1v) is 10.8. The van der Waals surface area contributed by atoms with Crippen LogP contribution in [0.2, 0.25) is 0 Å². The molecule has 0 saturated carbocycles. The van der Waals surface area contributed by atoms with Gasteiger partial charge in [-0.15, -0.1) is 0 Å². The molecule has 4 aromatic rings. The zero-order valence-electron chi connectivity index (χ0n) is 18.0. The van der Waals surface area contributed by atoms with Gasteiger partial charge in [0, 0.05) is 5.41 Å². The first kappa shape index (κ1) is 20.0. The van der Waals surface area contributed by atoms with E-state index in [4.69, 9.17) is 4.74 Å². The van der Waals surface area contributed by atoms with E-state index < -0.39 is 0 Å². The molecule has 5 rings (SSSR count). The Hall–Kier alpha value is -3.91. The SMILES string of the molecule is COC(=O)c1c(-c2ccccc2)ccc2c1C=CC(c1ccccc1)(c1ccccc1)C2. The molecule has 1 aliphatic rings. The first-order valence-electron chi connectivity index (χ1n) is 10.8. The highest BCUT2D eigenvalue weighted by atomic mass is 16.5. The maximum absolute atomic E-state index is 12.9. The lowest BCUT2D eigenvalue weighted by molar-refractivity contribution is 0.0601. The zero-order valence-corrected chi connectivity index (χ0v) is 18.0. The van der Waals surface area contributed by atoms with E-state index in [9.17, 15) is 4.79 Å². The quantitative estimate of drug-likeness (QED) is 0.346. The molecular weight excluding hydrogens is 392 g/mol. The second kappa shape index (κ2) is 8.32. The van der Waals surface area contributed by atoms with Crippen LogP contribution in [0.25, 0.3) is 17.2 Å². The van der Waals surface area contributed by atoms with Gasteiger partial charge >= 0.3 is 5.97 Å². The number of carbonyl (C=O) groups is 1. The van der Waals surface area contributed by atoms with E-state index in [1.165, 1.54) is 18.2 Å². The fourth-order valence-corrected chi connectivity index (χ4v) is 4.81. The lowest BCUT2D eigenvalue weighted by Crippen LogP contribution is -2.31. The highest BCUT2D eigenvalue weighted by Gasteiger charge is 2.36. The summed E-state index contributed by atoms with van der Waals surface area (Å²) in [6.45, 7) is 0. The number of allylic oxidation sites excluding steroid dienone is 1. The molecule has 2 heteroatoms. The molecule has 0 aromatic heterocycles. The minimum absolute atomic E-state index is 0.294. The number of fused-ring (bicyclic) bond motifs is 1. The maximum atomic E-state index is 12.9. The van der Waals surface area contributed by atoms with Gasteiger partial charge in [0.05, 0.1) is 12.7 Å². The van der Waals surface area contributed by atoms with Gasteiger partial charge in [0.2, 0.25) is 0 Å². The van der Waals surface area contributed by atoms with E-state index in [0.29, 0.717) is 5.56 Å². The van der Waals surface area contributed by atoms with Gasteiger partial charge in [-0.05, 0) is 39.8 Å². The number of rotatable bonds is 4. The van der Waals surface area contributed by atoms with Crippen LogP contribution in [0.15, 0.2) is 109 Å². The molecule has 0 saturated heterocycles. The second-order valence-corrected chi connectivity index (χ2v) is 8.13. The third kappa shape index (κ3) is 3.34. The number of esters is 1. The zero-order chi connectivity index (χ0) is 22.0. The molecule has 0 fully saturated rings. The molecule has 156 valence electrons. The minimum atomic E-state index is -0.308. The number of carbonyl (C=O) groups excluding carboxylic acids is 1. The van der Waals surface area contributed by atoms with Gasteiger partial charge in [-0.3, -0.25) is 0 Å². The average Bonchev–Trinajstić information content (AvgIpc) is 2.88. The van der Waals surface area contributed by atoms with Crippen molar-refractivity contribution in [2.45, 2.75) is 11.8 Å². The summed E-state index contributed by atoms with van der Waals surface area (Å²) < 4.78 is 5.21. The van der Waals surface area contributed by atoms with Crippen LogP contribution >= 0.6 is 0 Å². The molecule has 0 unspecified atom stereocenters. The molecule has 32 heavy (non-hydrogen) atoms. The van der Waals surface area contributed by atoms with E-state index in [0.717, 1.165) is 28.7 Å². The van der Waals surface area contributed by atoms with Gasteiger partial charge in [-0.1, -0.05) is 115 Å². The van der Waals surface area contributed by atoms with Crippen LogP contribution < -0.4 is 0 Å². The normalized spacial score (nSPS) is 13.9. The largest absolute Gasteiger partial charge is 0.465 e. The Morgan fingerprint density at radius 2 is 1.31 bits per heavy atom. The van der Waals surface area contributed by atoms with Crippen LogP contribution in [0, 0.1) is 0 Å². The molecule has 0 aliphatic heterocycles. The fourth-order valence-electron chi connectivity index (χ4n) is 4.81. The standard InChI is InChI=1S/C30H24O2/c1-32-29(31)28-26(22-11-5-2-6-12-22)18-17-23-21-30(20-19-27(23)28,24-13-7-3-8-14-24)25-15-9-4-10-16-25/h2-20H,21H2,1H3. The summed E-state index contributed by atoms with van der Waals surface area (Å²) in [6.07, 6.45) is 5.13. The van der Waals surface area contributed by atoms with Crippen molar-refractivity contribution in [3.8, 4) is 11.1 Å². The van der Waals surface area contributed by atoms with E-state index in [-0.39, 0.29) is 11.4 Å². The van der Waals surface area contributed by atoms with Crippen molar-refractivity contribution in [2.75, 3.05) is 7.11 Å². The van der Waals surface area contributed by atoms with Gasteiger partial charge in [0.1, 0.15) is 0 Å². The lowest BCUT2D eigenvalue weighted by Gasteiger charge is -2.36. The second-order valence-electron chi connectivity index (χ2n) is 8.13. The van der Waals surface area contributed by atoms with Crippen molar-refractivity contribution in [3.05, 3.63) is 137 Å². The predicted octanol–water partition coefficient (Wildman–Crippen LogP) is 6.70. The van der Waals surface area contributed by atoms with Gasteiger partial charge in [0.25, 0.3) is 0 Å². The Kier molecular flexibility index (Phi) is 5.20. The van der Waals surface area contributed by atoms with Crippen LogP contribution in [-0.4, -0.2) is 13.1 Å². The number of benzene rings is 4. The van der Waals surface area contributed by atoms with E-state index in [1.54, 1.807) is 0 Å². The molecule has 0 heterocycles. The average molecular weight is 417 g/mol. The Labute approximate surface area is 188 Å². The molecule has 0 radical (unpaired) electrons. The third-order valence-corrected chi connectivity index (χ3v) is 6.39. The summed E-state index contributed by atoms with van der Waals surface area (Å²) in [5.41, 5.74) is 6.79. The summed E-state index contributed by atoms with van der Waals surface area (Å²) in [6, 6.07) is 35.4. The Morgan fingerprint density at radius 3 is 1.88 bits per heavy atom. The van der Waals surface area contributed by atoms with E-state index in [2.05, 4.69) is 72.8 Å². The van der Waals surface area contributed by atoms with Crippen molar-refractivity contribution >= 4 is 12.0 Å². The highest BCUT2D eigenvalue weighted by molar-refractivity contribution is 6.02. The third-order valence-electron chi connectivity index (χ3n) is 6.39. The van der Waals surface area contributed by atoms with Crippen LogP contribution in [0.4, 0.5) is 0 Å². The van der Waals surface area contributed by atoms with E-state index in [1.807, 2.05) is 42.5 Å². The summed E-state index contributed by atoms with van der Waals surface area (Å²) >= 11 is 0. The maximum Gasteiger partial charge on any atom is 0.339 e. The Balaban J connectivity index is 1.72. The van der Waals surface area contributed by atoms with Crippen molar-refractivity contribution in [3.63, 3.8) is 0 Å². The van der Waals surface area contributed by atoms with Crippen molar-refractivity contribution < 1.29 is 9.53 Å². The van der Waals surface area contributed by atoms with Gasteiger partial charge < -0.3 is 4.74 Å². The van der Waals surface area contributed by atoms with E-state index >= 15 is 0 Å². The summed E-state index contributed by atoms with van der Waals surface area (Å²) in [5, 5.41) is 0. The van der Waals surface area contributed by atoms with Crippen molar-refractivity contribution in [2.24, 2.45) is 0 Å². The molecule has 2 nitrogen and oxygen atoms in total. The van der Waals surface area contributed by atoms with Crippen LogP contribution in [0.5, 0.6) is 0 Å². The molecule has 0 amide bonds. The van der Waals surface area contributed by atoms with Crippen LogP contribution in [-0.2, 0) is 16.6 Å². The molecule has 0 bridgehead atoms. The first-order chi connectivity index (χ1) is 15.7. The number of methoxy groups -OCH3 is 1. The highest BCUT2D eigenvalue weighted by Crippen LogP contribution is 2.43. The van der Waals surface area contributed by atoms with Crippen molar-refractivity contribution in [1.29, 1.82) is 0 Å². The minimum Gasteiger partial charge on any atom is -0.465 e. The molecule has 0 N–H and O–H groups in total. The van der Waals surface area contributed by atoms with Crippen LogP contribution in [0.3, 0.4) is 0 Å². The summed E-state index contributed by atoms with van der Waals surface area (Å²) in [7, 11) is 1.45. The molecule has 4 aromatic carbocycles. The predicted molar refractivity (Wildman–Crippen MR) is 130 cm³/mol. The Morgan fingerprint density at radius 1 is 0.750 bits per heavy atom. The Bertz CT molecular complexity index is 1230. The fraction of sp³-hybridized carbons (Fsp3) is 0.100. The monoisotopic (exact) mass is 416 g/mol. The van der Waals surface area contributed by atoms with Crippen molar-refractivity contribution in [1.82, 2.24) is 0 Å². The molecular formula is C30H24O2. The summed E-state index contributed by atoms with van der Waals surface area (Å²) in [5.74, 6) is -0.308. The number of ether oxygens (including phenoxy) is 1. The number of hydrogen-bond acceptors (Lipinski definition) is 2. The van der Waals surface area contributed by atoms with Gasteiger partial charge in [0.15, 0.2) is 0 Å². The van der Waals surface area contributed by atoms with Gasteiger partial charge in [-0.2, -0.15) is 0 Å². The molecule has 0 atom stereocenters. The van der Waals surface area contributed by atoms with Gasteiger partial charge in [-0.25, -0.2) is 4.79 Å². The topological polar surface area (TPSA) is 26.3 Å². The summed E-state index contributed by atoms with van der Waals surface area (Å²) in [4.78, 5) is 12.9. The van der Waals surface area contributed by atoms with Crippen LogP contribution in [0.1, 0.15) is 32.6 Å². The number of hydrogen-bond donors (Lipinski definition) is 0. The lowest BCUT2D eigenvalue weighted by atomic mass is 9.66. The smallest absolute Gasteiger partial charge is 0.339 e. The molecule has 0 spiro atoms. The molecule has 1 aliphatic carbocycles.